The fourth-order valence-corrected chi connectivity index (χ4v) is 2.94. The van der Waals surface area contributed by atoms with Gasteiger partial charge in [-0.15, -0.1) is 0 Å². The molecule has 0 bridgehead atoms. The molecule has 6 heteroatoms. The van der Waals surface area contributed by atoms with E-state index < -0.39 is 17.5 Å². The van der Waals surface area contributed by atoms with Crippen LogP contribution < -0.4 is 10.2 Å². The first-order valence-electron chi connectivity index (χ1n) is 8.00. The van der Waals surface area contributed by atoms with Gasteiger partial charge < -0.3 is 10.2 Å². The topological polar surface area (TPSA) is 45.2 Å². The van der Waals surface area contributed by atoms with E-state index >= 15 is 0 Å². The molecule has 1 aromatic carbocycles. The number of benzene rings is 1. The Morgan fingerprint density at radius 3 is 2.88 bits per heavy atom. The molecule has 126 valence electrons. The molecule has 1 unspecified atom stereocenters. The molecular weight excluding hydrogens is 312 g/mol. The van der Waals surface area contributed by atoms with Gasteiger partial charge in [-0.05, 0) is 43.0 Å². The number of pyridine rings is 1. The van der Waals surface area contributed by atoms with E-state index in [-0.39, 0.29) is 11.4 Å². The summed E-state index contributed by atoms with van der Waals surface area (Å²) in [5, 5.41) is 2.43. The monoisotopic (exact) mass is 331 g/mol. The molecular formula is C18H19F2N3O. The number of nitrogens with zero attached hydrogens (tertiary/aromatic N) is 2. The van der Waals surface area contributed by atoms with Gasteiger partial charge in [0.25, 0.3) is 5.91 Å². The molecule has 1 N–H and O–H groups in total. The van der Waals surface area contributed by atoms with Gasteiger partial charge in [0.1, 0.15) is 17.3 Å². The highest BCUT2D eigenvalue weighted by Crippen LogP contribution is 2.23. The first-order chi connectivity index (χ1) is 11.5. The van der Waals surface area contributed by atoms with Crippen molar-refractivity contribution >= 4 is 17.3 Å². The maximum atomic E-state index is 13.7. The number of aromatic nitrogens is 1. The van der Waals surface area contributed by atoms with Crippen LogP contribution >= 0.6 is 0 Å². The van der Waals surface area contributed by atoms with Crippen LogP contribution in [-0.4, -0.2) is 24.0 Å². The van der Waals surface area contributed by atoms with Crippen molar-refractivity contribution in [2.45, 2.75) is 19.8 Å². The molecule has 1 fully saturated rings. The standard InChI is InChI=1S/C18H19F2N3O/c1-12-3-2-8-23(11-12)14-6-7-21-17(10-14)18(24)22-16-5-4-13(19)9-15(16)20/h4-7,9-10,12H,2-3,8,11H2,1H3,(H,22,24). The maximum Gasteiger partial charge on any atom is 0.274 e. The van der Waals surface area contributed by atoms with Crippen LogP contribution in [0.15, 0.2) is 36.5 Å². The van der Waals surface area contributed by atoms with Crippen LogP contribution in [-0.2, 0) is 0 Å². The van der Waals surface area contributed by atoms with Gasteiger partial charge in [-0.25, -0.2) is 8.78 Å². The van der Waals surface area contributed by atoms with E-state index in [4.69, 9.17) is 0 Å². The Kier molecular flexibility index (Phi) is 4.74. The molecule has 0 spiro atoms. The number of rotatable bonds is 3. The summed E-state index contributed by atoms with van der Waals surface area (Å²) in [6, 6.07) is 6.59. The van der Waals surface area contributed by atoms with Gasteiger partial charge in [0.2, 0.25) is 0 Å². The molecule has 2 heterocycles. The minimum Gasteiger partial charge on any atom is -0.371 e. The molecule has 1 saturated heterocycles. The zero-order valence-corrected chi connectivity index (χ0v) is 13.4. The molecule has 1 aliphatic heterocycles. The summed E-state index contributed by atoms with van der Waals surface area (Å²) in [4.78, 5) is 18.6. The van der Waals surface area contributed by atoms with Crippen molar-refractivity contribution in [3.8, 4) is 0 Å². The molecule has 4 nitrogen and oxygen atoms in total. The number of halogens is 2. The summed E-state index contributed by atoms with van der Waals surface area (Å²) in [6.07, 6.45) is 3.90. The average Bonchev–Trinajstić information content (AvgIpc) is 2.57. The summed E-state index contributed by atoms with van der Waals surface area (Å²) in [7, 11) is 0. The lowest BCUT2D eigenvalue weighted by atomic mass is 10.00. The number of carbonyl (C=O) groups excluding carboxylic acids is 1. The van der Waals surface area contributed by atoms with E-state index in [1.54, 1.807) is 12.3 Å². The first kappa shape index (κ1) is 16.4. The van der Waals surface area contributed by atoms with Gasteiger partial charge in [-0.1, -0.05) is 6.92 Å². The maximum absolute atomic E-state index is 13.7. The summed E-state index contributed by atoms with van der Waals surface area (Å²) in [5.41, 5.74) is 1.07. The molecule has 2 aromatic rings. The lowest BCUT2D eigenvalue weighted by Gasteiger charge is -2.32. The van der Waals surface area contributed by atoms with Crippen molar-refractivity contribution in [1.29, 1.82) is 0 Å². The van der Waals surface area contributed by atoms with E-state index in [0.29, 0.717) is 5.92 Å². The van der Waals surface area contributed by atoms with Crippen LogP contribution in [0.2, 0.25) is 0 Å². The van der Waals surface area contributed by atoms with Gasteiger partial charge in [0.05, 0.1) is 5.69 Å². The van der Waals surface area contributed by atoms with Gasteiger partial charge in [0.15, 0.2) is 0 Å². The van der Waals surface area contributed by atoms with Crippen molar-refractivity contribution in [2.24, 2.45) is 5.92 Å². The lowest BCUT2D eigenvalue weighted by Crippen LogP contribution is -2.34. The second kappa shape index (κ2) is 6.95. The molecule has 1 atom stereocenters. The Morgan fingerprint density at radius 1 is 1.29 bits per heavy atom. The SMILES string of the molecule is CC1CCCN(c2ccnc(C(=O)Nc3ccc(F)cc3F)c2)C1. The molecule has 3 rings (SSSR count). The fourth-order valence-electron chi connectivity index (χ4n) is 2.94. The molecule has 0 radical (unpaired) electrons. The highest BCUT2D eigenvalue weighted by Gasteiger charge is 2.18. The quantitative estimate of drug-likeness (QED) is 0.929. The third kappa shape index (κ3) is 3.69. The lowest BCUT2D eigenvalue weighted by molar-refractivity contribution is 0.102. The zero-order chi connectivity index (χ0) is 17.1. The fraction of sp³-hybridized carbons (Fsp3) is 0.333. The highest BCUT2D eigenvalue weighted by atomic mass is 19.1. The largest absolute Gasteiger partial charge is 0.371 e. The normalized spacial score (nSPS) is 17.6. The number of piperidine rings is 1. The third-order valence-electron chi connectivity index (χ3n) is 4.18. The van der Waals surface area contributed by atoms with Crippen LogP contribution in [0.25, 0.3) is 0 Å². The van der Waals surface area contributed by atoms with Gasteiger partial charge in [0, 0.05) is 31.0 Å². The highest BCUT2D eigenvalue weighted by molar-refractivity contribution is 6.03. The van der Waals surface area contributed by atoms with Crippen molar-refractivity contribution in [3.05, 3.63) is 53.9 Å². The predicted octanol–water partition coefficient (Wildman–Crippen LogP) is 3.85. The number of hydrogen-bond donors (Lipinski definition) is 1. The number of hydrogen-bond acceptors (Lipinski definition) is 3. The van der Waals surface area contributed by atoms with Crippen molar-refractivity contribution in [2.75, 3.05) is 23.3 Å². The smallest absolute Gasteiger partial charge is 0.274 e. The van der Waals surface area contributed by atoms with E-state index in [2.05, 4.69) is 22.1 Å². The van der Waals surface area contributed by atoms with Gasteiger partial charge in [-0.3, -0.25) is 9.78 Å². The van der Waals surface area contributed by atoms with Crippen molar-refractivity contribution in [1.82, 2.24) is 4.98 Å². The number of anilines is 2. The number of carbonyl (C=O) groups is 1. The molecule has 0 saturated carbocycles. The first-order valence-corrected chi connectivity index (χ1v) is 8.00. The Morgan fingerprint density at radius 2 is 2.12 bits per heavy atom. The summed E-state index contributed by atoms with van der Waals surface area (Å²) in [5.74, 6) is -1.42. The van der Waals surface area contributed by atoms with E-state index in [0.717, 1.165) is 37.3 Å². The van der Waals surface area contributed by atoms with Crippen molar-refractivity contribution < 1.29 is 13.6 Å². The van der Waals surface area contributed by atoms with Gasteiger partial charge >= 0.3 is 0 Å². The minimum atomic E-state index is -0.815. The predicted molar refractivity (Wildman–Crippen MR) is 89.2 cm³/mol. The second-order valence-corrected chi connectivity index (χ2v) is 6.17. The number of nitrogens with one attached hydrogen (secondary N) is 1. The summed E-state index contributed by atoms with van der Waals surface area (Å²) < 4.78 is 26.6. The van der Waals surface area contributed by atoms with E-state index in [1.165, 1.54) is 12.5 Å². The Balaban J connectivity index is 1.76. The average molecular weight is 331 g/mol. The Bertz CT molecular complexity index is 751. The van der Waals surface area contributed by atoms with E-state index in [1.807, 2.05) is 6.07 Å². The van der Waals surface area contributed by atoms with Crippen LogP contribution in [0.5, 0.6) is 0 Å². The molecule has 1 amide bonds. The molecule has 24 heavy (non-hydrogen) atoms. The summed E-state index contributed by atoms with van der Waals surface area (Å²) in [6.45, 7) is 4.10. The van der Waals surface area contributed by atoms with Crippen LogP contribution in [0.4, 0.5) is 20.2 Å². The summed E-state index contributed by atoms with van der Waals surface area (Å²) >= 11 is 0. The van der Waals surface area contributed by atoms with Crippen LogP contribution in [0.3, 0.4) is 0 Å². The number of amides is 1. The van der Waals surface area contributed by atoms with E-state index in [9.17, 15) is 13.6 Å². The Labute approximate surface area is 139 Å². The molecule has 1 aromatic heterocycles. The minimum absolute atomic E-state index is 0.0693. The van der Waals surface area contributed by atoms with Crippen molar-refractivity contribution in [3.63, 3.8) is 0 Å². The van der Waals surface area contributed by atoms with Crippen LogP contribution in [0, 0.1) is 17.6 Å². The second-order valence-electron chi connectivity index (χ2n) is 6.17. The molecule has 0 aliphatic carbocycles. The third-order valence-corrected chi connectivity index (χ3v) is 4.18. The Hall–Kier alpha value is -2.50. The molecule has 1 aliphatic rings. The van der Waals surface area contributed by atoms with Gasteiger partial charge in [-0.2, -0.15) is 0 Å². The van der Waals surface area contributed by atoms with Crippen LogP contribution in [0.1, 0.15) is 30.3 Å². The zero-order valence-electron chi connectivity index (χ0n) is 13.4.